The Hall–Kier alpha value is -2.44. The summed E-state index contributed by atoms with van der Waals surface area (Å²) in [4.78, 5) is 10.4. The Bertz CT molecular complexity index is 884. The van der Waals surface area contributed by atoms with Crippen LogP contribution in [0.2, 0.25) is 5.02 Å². The lowest BCUT2D eigenvalue weighted by atomic mass is 10.2. The van der Waals surface area contributed by atoms with Gasteiger partial charge in [-0.2, -0.15) is 4.98 Å². The number of nitrogens with two attached hydrogens (primary N) is 1. The molecule has 3 rings (SSSR count). The van der Waals surface area contributed by atoms with E-state index in [4.69, 9.17) is 17.4 Å². The summed E-state index contributed by atoms with van der Waals surface area (Å²) in [7, 11) is 1.85. The molecule has 2 aromatic carbocycles. The monoisotopic (exact) mass is 331 g/mol. The molecular formula is C16H15ClFN5. The van der Waals surface area contributed by atoms with Crippen LogP contribution in [-0.2, 0) is 0 Å². The summed E-state index contributed by atoms with van der Waals surface area (Å²) in [5.41, 5.74) is 4.96. The lowest BCUT2D eigenvalue weighted by molar-refractivity contribution is 0.630. The number of nitrogens with zero attached hydrogens (tertiary/aromatic N) is 3. The van der Waals surface area contributed by atoms with Gasteiger partial charge in [-0.15, -0.1) is 0 Å². The van der Waals surface area contributed by atoms with Crippen LogP contribution in [-0.4, -0.2) is 17.0 Å². The smallest absolute Gasteiger partial charge is 0.239 e. The van der Waals surface area contributed by atoms with Crippen molar-refractivity contribution >= 4 is 40.0 Å². The van der Waals surface area contributed by atoms with Crippen molar-refractivity contribution < 1.29 is 4.39 Å². The maximum absolute atomic E-state index is 13.9. The van der Waals surface area contributed by atoms with E-state index in [-0.39, 0.29) is 11.0 Å². The van der Waals surface area contributed by atoms with E-state index in [1.807, 2.05) is 43.1 Å². The average molecular weight is 332 g/mol. The highest BCUT2D eigenvalue weighted by atomic mass is 35.5. The molecule has 5 nitrogen and oxygen atoms in total. The van der Waals surface area contributed by atoms with Gasteiger partial charge in [-0.25, -0.2) is 15.2 Å². The Morgan fingerprint density at radius 3 is 2.70 bits per heavy atom. The van der Waals surface area contributed by atoms with E-state index in [9.17, 15) is 4.39 Å². The van der Waals surface area contributed by atoms with Gasteiger partial charge in [-0.05, 0) is 36.8 Å². The highest BCUT2D eigenvalue weighted by molar-refractivity contribution is 6.31. The summed E-state index contributed by atoms with van der Waals surface area (Å²) in [6.07, 6.45) is 0. The Kier molecular flexibility index (Phi) is 4.02. The summed E-state index contributed by atoms with van der Waals surface area (Å²) in [6, 6.07) is 10.7. The van der Waals surface area contributed by atoms with Crippen LogP contribution in [0, 0.1) is 12.7 Å². The molecule has 7 heteroatoms. The van der Waals surface area contributed by atoms with Gasteiger partial charge in [-0.3, -0.25) is 5.43 Å². The number of benzene rings is 2. The second-order valence-electron chi connectivity index (χ2n) is 5.20. The van der Waals surface area contributed by atoms with E-state index in [1.54, 1.807) is 0 Å². The van der Waals surface area contributed by atoms with Crippen molar-refractivity contribution in [3.05, 3.63) is 52.8 Å². The zero-order valence-corrected chi connectivity index (χ0v) is 13.4. The van der Waals surface area contributed by atoms with Gasteiger partial charge in [0.1, 0.15) is 11.6 Å². The van der Waals surface area contributed by atoms with Crippen LogP contribution >= 0.6 is 11.6 Å². The normalized spacial score (nSPS) is 10.8. The molecule has 1 heterocycles. The molecule has 3 N–H and O–H groups in total. The third-order valence-corrected chi connectivity index (χ3v) is 3.84. The van der Waals surface area contributed by atoms with Gasteiger partial charge in [0, 0.05) is 18.1 Å². The predicted molar refractivity (Wildman–Crippen MR) is 91.6 cm³/mol. The minimum atomic E-state index is -0.518. The quantitative estimate of drug-likeness (QED) is 0.564. The van der Waals surface area contributed by atoms with Gasteiger partial charge in [-0.1, -0.05) is 23.7 Å². The molecule has 0 aliphatic carbocycles. The number of anilines is 3. The molecule has 23 heavy (non-hydrogen) atoms. The molecule has 0 radical (unpaired) electrons. The molecule has 0 spiro atoms. The molecule has 0 atom stereocenters. The summed E-state index contributed by atoms with van der Waals surface area (Å²) in [6.45, 7) is 2.00. The fourth-order valence-electron chi connectivity index (χ4n) is 2.39. The highest BCUT2D eigenvalue weighted by Crippen LogP contribution is 2.32. The van der Waals surface area contributed by atoms with Gasteiger partial charge < -0.3 is 4.90 Å². The first-order valence-corrected chi connectivity index (χ1v) is 7.31. The third kappa shape index (κ3) is 2.91. The van der Waals surface area contributed by atoms with Gasteiger partial charge in [0.15, 0.2) is 0 Å². The number of rotatable bonds is 3. The van der Waals surface area contributed by atoms with Crippen LogP contribution in [0.25, 0.3) is 10.9 Å². The third-order valence-electron chi connectivity index (χ3n) is 3.55. The van der Waals surface area contributed by atoms with Gasteiger partial charge in [0.25, 0.3) is 0 Å². The molecule has 3 aromatic rings. The molecular weight excluding hydrogens is 317 g/mol. The van der Waals surface area contributed by atoms with E-state index < -0.39 is 5.82 Å². The zero-order valence-electron chi connectivity index (χ0n) is 12.6. The maximum atomic E-state index is 13.9. The van der Waals surface area contributed by atoms with Crippen molar-refractivity contribution in [2.24, 2.45) is 5.84 Å². The first kappa shape index (κ1) is 15.5. The van der Waals surface area contributed by atoms with Crippen molar-refractivity contribution in [2.75, 3.05) is 17.4 Å². The van der Waals surface area contributed by atoms with Crippen LogP contribution in [0.15, 0.2) is 36.4 Å². The summed E-state index contributed by atoms with van der Waals surface area (Å²) in [5.74, 6) is 5.68. The van der Waals surface area contributed by atoms with Crippen molar-refractivity contribution in [3.63, 3.8) is 0 Å². The van der Waals surface area contributed by atoms with Gasteiger partial charge in [0.05, 0.1) is 10.5 Å². The molecule has 118 valence electrons. The summed E-state index contributed by atoms with van der Waals surface area (Å²) in [5, 5.41) is 0.554. The van der Waals surface area contributed by atoms with Crippen LogP contribution < -0.4 is 16.2 Å². The topological polar surface area (TPSA) is 67.1 Å². The first-order valence-electron chi connectivity index (χ1n) is 6.93. The number of nitrogens with one attached hydrogen (secondary N) is 1. The van der Waals surface area contributed by atoms with Gasteiger partial charge in [0.2, 0.25) is 5.95 Å². The number of hydrogen-bond acceptors (Lipinski definition) is 5. The van der Waals surface area contributed by atoms with E-state index in [1.165, 1.54) is 12.1 Å². The molecule has 0 saturated carbocycles. The number of halogens is 2. The van der Waals surface area contributed by atoms with Crippen molar-refractivity contribution in [1.29, 1.82) is 0 Å². The molecule has 0 fully saturated rings. The summed E-state index contributed by atoms with van der Waals surface area (Å²) < 4.78 is 13.9. The van der Waals surface area contributed by atoms with E-state index in [0.717, 1.165) is 11.3 Å². The first-order chi connectivity index (χ1) is 11.0. The fraction of sp³-hybridized carbons (Fsp3) is 0.125. The largest absolute Gasteiger partial charge is 0.329 e. The number of fused-ring (bicyclic) bond motifs is 1. The Morgan fingerprint density at radius 1 is 1.22 bits per heavy atom. The van der Waals surface area contributed by atoms with Crippen molar-refractivity contribution in [3.8, 4) is 0 Å². The predicted octanol–water partition coefficient (Wildman–Crippen LogP) is 3.78. The maximum Gasteiger partial charge on any atom is 0.239 e. The average Bonchev–Trinajstić information content (AvgIpc) is 2.54. The van der Waals surface area contributed by atoms with Crippen LogP contribution in [0.5, 0.6) is 0 Å². The molecule has 0 aliphatic heterocycles. The molecule has 0 bridgehead atoms. The van der Waals surface area contributed by atoms with Crippen LogP contribution in [0.1, 0.15) is 5.56 Å². The van der Waals surface area contributed by atoms with E-state index in [2.05, 4.69) is 15.4 Å². The number of hydrazine groups is 1. The van der Waals surface area contributed by atoms with E-state index in [0.29, 0.717) is 16.7 Å². The number of aromatic nitrogens is 2. The standard InChI is InChI=1S/C16H15ClFN5/c1-9-4-3-5-10(6-9)23(2)15-11-7-13(18)12(17)8-14(11)20-16(21-15)22-19/h3-8H,19H2,1-2H3,(H,20,21,22). The van der Waals surface area contributed by atoms with Crippen LogP contribution in [0.3, 0.4) is 0 Å². The van der Waals surface area contributed by atoms with Gasteiger partial charge >= 0.3 is 0 Å². The Balaban J connectivity index is 2.24. The second kappa shape index (κ2) is 5.98. The van der Waals surface area contributed by atoms with Crippen molar-refractivity contribution in [2.45, 2.75) is 6.92 Å². The molecule has 0 unspecified atom stereocenters. The fourth-order valence-corrected chi connectivity index (χ4v) is 2.54. The van der Waals surface area contributed by atoms with E-state index >= 15 is 0 Å². The van der Waals surface area contributed by atoms with Crippen LogP contribution in [0.4, 0.5) is 21.8 Å². The number of hydrogen-bond donors (Lipinski definition) is 2. The van der Waals surface area contributed by atoms with Crippen molar-refractivity contribution in [1.82, 2.24) is 9.97 Å². The number of nitrogen functional groups attached to an aromatic ring is 1. The molecule has 0 aliphatic rings. The molecule has 0 amide bonds. The lowest BCUT2D eigenvalue weighted by Crippen LogP contribution is -2.16. The highest BCUT2D eigenvalue weighted by Gasteiger charge is 2.15. The number of aryl methyl sites for hydroxylation is 1. The molecule has 1 aromatic heterocycles. The Morgan fingerprint density at radius 2 is 2.00 bits per heavy atom. The Labute approximate surface area is 137 Å². The minimum absolute atomic E-state index is 0.00308. The minimum Gasteiger partial charge on any atom is -0.329 e. The lowest BCUT2D eigenvalue weighted by Gasteiger charge is -2.21. The summed E-state index contributed by atoms with van der Waals surface area (Å²) >= 11 is 5.85. The zero-order chi connectivity index (χ0) is 16.6. The molecule has 0 saturated heterocycles. The SMILES string of the molecule is Cc1cccc(N(C)c2nc(NN)nc3cc(Cl)c(F)cc23)c1. The second-order valence-corrected chi connectivity index (χ2v) is 5.60.